The summed E-state index contributed by atoms with van der Waals surface area (Å²) in [7, 11) is 1.61. The number of amides is 1. The van der Waals surface area contributed by atoms with Crippen molar-refractivity contribution in [3.05, 3.63) is 65.7 Å². The maximum Gasteiger partial charge on any atom is 0.251 e. The van der Waals surface area contributed by atoms with Gasteiger partial charge in [0.2, 0.25) is 0 Å². The van der Waals surface area contributed by atoms with Gasteiger partial charge in [-0.15, -0.1) is 0 Å². The van der Waals surface area contributed by atoms with Crippen LogP contribution in [-0.4, -0.2) is 44.1 Å². The Labute approximate surface area is 161 Å². The van der Waals surface area contributed by atoms with Crippen LogP contribution in [0.1, 0.15) is 34.7 Å². The van der Waals surface area contributed by atoms with Crippen LogP contribution < -0.4 is 10.1 Å². The van der Waals surface area contributed by atoms with Gasteiger partial charge in [-0.2, -0.15) is 0 Å². The van der Waals surface area contributed by atoms with Crippen LogP contribution in [0.3, 0.4) is 0 Å². The van der Waals surface area contributed by atoms with Gasteiger partial charge in [0.25, 0.3) is 5.91 Å². The Hall–Kier alpha value is -2.33. The van der Waals surface area contributed by atoms with Gasteiger partial charge >= 0.3 is 0 Å². The van der Waals surface area contributed by atoms with Crippen molar-refractivity contribution in [2.75, 3.05) is 33.3 Å². The van der Waals surface area contributed by atoms with Crippen molar-refractivity contribution in [2.45, 2.75) is 18.8 Å². The second-order valence-electron chi connectivity index (χ2n) is 7.78. The first-order valence-corrected chi connectivity index (χ1v) is 9.94. The smallest absolute Gasteiger partial charge is 0.251 e. The molecule has 2 aliphatic rings. The van der Waals surface area contributed by atoms with E-state index in [1.807, 2.05) is 18.2 Å². The zero-order valence-electron chi connectivity index (χ0n) is 15.9. The average molecular weight is 364 g/mol. The van der Waals surface area contributed by atoms with Crippen molar-refractivity contribution >= 4 is 5.91 Å². The van der Waals surface area contributed by atoms with Gasteiger partial charge in [0.1, 0.15) is 5.75 Å². The molecular weight excluding hydrogens is 336 g/mol. The van der Waals surface area contributed by atoms with E-state index < -0.39 is 0 Å². The second kappa shape index (κ2) is 8.13. The number of ether oxygens (including phenoxy) is 1. The van der Waals surface area contributed by atoms with Crippen LogP contribution in [0.5, 0.6) is 5.75 Å². The molecule has 142 valence electrons. The summed E-state index contributed by atoms with van der Waals surface area (Å²) in [5.74, 6) is 3.11. The van der Waals surface area contributed by atoms with E-state index in [2.05, 4.69) is 40.5 Å². The SMILES string of the molecule is COc1cccc(C(=O)NCCCN2CC3CC(c4ccccc4)C3C2)c1. The lowest BCUT2D eigenvalue weighted by molar-refractivity contribution is 0.0951. The molecule has 27 heavy (non-hydrogen) atoms. The van der Waals surface area contributed by atoms with Gasteiger partial charge in [-0.1, -0.05) is 36.4 Å². The van der Waals surface area contributed by atoms with Crippen LogP contribution in [0.4, 0.5) is 0 Å². The van der Waals surface area contributed by atoms with E-state index in [0.29, 0.717) is 17.9 Å². The first-order chi connectivity index (χ1) is 13.2. The number of likely N-dealkylation sites (tertiary alicyclic amines) is 1. The van der Waals surface area contributed by atoms with E-state index >= 15 is 0 Å². The third kappa shape index (κ3) is 4.01. The van der Waals surface area contributed by atoms with Gasteiger partial charge in [0.15, 0.2) is 0 Å². The molecule has 0 radical (unpaired) electrons. The Balaban J connectivity index is 1.19. The summed E-state index contributed by atoms with van der Waals surface area (Å²) in [5.41, 5.74) is 2.16. The monoisotopic (exact) mass is 364 g/mol. The molecule has 3 atom stereocenters. The third-order valence-electron chi connectivity index (χ3n) is 6.14. The number of fused-ring (bicyclic) bond motifs is 1. The molecule has 1 amide bonds. The van der Waals surface area contributed by atoms with Crippen LogP contribution >= 0.6 is 0 Å². The molecule has 1 saturated heterocycles. The van der Waals surface area contributed by atoms with Gasteiger partial charge in [-0.3, -0.25) is 4.79 Å². The molecule has 0 spiro atoms. The summed E-state index contributed by atoms with van der Waals surface area (Å²) in [6.45, 7) is 4.20. The van der Waals surface area contributed by atoms with E-state index in [1.54, 1.807) is 13.2 Å². The van der Waals surface area contributed by atoms with Crippen LogP contribution in [-0.2, 0) is 0 Å². The van der Waals surface area contributed by atoms with Crippen molar-refractivity contribution in [2.24, 2.45) is 11.8 Å². The number of nitrogens with zero attached hydrogens (tertiary/aromatic N) is 1. The fraction of sp³-hybridized carbons (Fsp3) is 0.435. The number of benzene rings is 2. The standard InChI is InChI=1S/C23H28N2O2/c1-27-20-10-5-9-18(13-20)23(26)24-11-6-12-25-15-19-14-21(22(19)16-25)17-7-3-2-4-8-17/h2-5,7-10,13,19,21-22H,6,11-12,14-16H2,1H3,(H,24,26). The molecule has 1 aliphatic heterocycles. The number of carbonyl (C=O) groups is 1. The Morgan fingerprint density at radius 1 is 1.15 bits per heavy atom. The zero-order valence-corrected chi connectivity index (χ0v) is 15.9. The molecule has 0 bridgehead atoms. The first-order valence-electron chi connectivity index (χ1n) is 9.94. The van der Waals surface area contributed by atoms with Crippen LogP contribution in [0.2, 0.25) is 0 Å². The predicted molar refractivity (Wildman–Crippen MR) is 107 cm³/mol. The summed E-state index contributed by atoms with van der Waals surface area (Å²) < 4.78 is 5.18. The van der Waals surface area contributed by atoms with E-state index in [0.717, 1.165) is 30.7 Å². The highest BCUT2D eigenvalue weighted by molar-refractivity contribution is 5.94. The number of carbonyl (C=O) groups excluding carboxylic acids is 1. The van der Waals surface area contributed by atoms with Crippen molar-refractivity contribution in [1.82, 2.24) is 10.2 Å². The number of nitrogens with one attached hydrogen (secondary N) is 1. The van der Waals surface area contributed by atoms with Crippen molar-refractivity contribution < 1.29 is 9.53 Å². The largest absolute Gasteiger partial charge is 0.497 e. The van der Waals surface area contributed by atoms with Gasteiger partial charge in [0.05, 0.1) is 7.11 Å². The lowest BCUT2D eigenvalue weighted by Gasteiger charge is -2.40. The Morgan fingerprint density at radius 3 is 2.81 bits per heavy atom. The highest BCUT2D eigenvalue weighted by Gasteiger charge is 2.46. The number of rotatable bonds is 7. The summed E-state index contributed by atoms with van der Waals surface area (Å²) >= 11 is 0. The minimum absolute atomic E-state index is 0.0282. The van der Waals surface area contributed by atoms with Gasteiger partial charge in [0, 0.05) is 25.2 Å². The molecule has 2 aromatic carbocycles. The van der Waals surface area contributed by atoms with E-state index in [-0.39, 0.29) is 5.91 Å². The van der Waals surface area contributed by atoms with Crippen molar-refractivity contribution in [1.29, 1.82) is 0 Å². The molecule has 2 aromatic rings. The molecule has 1 heterocycles. The van der Waals surface area contributed by atoms with Crippen LogP contribution in [0.15, 0.2) is 54.6 Å². The number of methoxy groups -OCH3 is 1. The molecule has 4 nitrogen and oxygen atoms in total. The topological polar surface area (TPSA) is 41.6 Å². The zero-order chi connectivity index (χ0) is 18.6. The van der Waals surface area contributed by atoms with Gasteiger partial charge in [-0.05, 0) is 60.9 Å². The first kappa shape index (κ1) is 18.1. The summed E-state index contributed by atoms with van der Waals surface area (Å²) in [4.78, 5) is 14.8. The van der Waals surface area contributed by atoms with Crippen LogP contribution in [0.25, 0.3) is 0 Å². The lowest BCUT2D eigenvalue weighted by Crippen LogP contribution is -2.33. The molecular formula is C23H28N2O2. The molecule has 1 aliphatic carbocycles. The van der Waals surface area contributed by atoms with Gasteiger partial charge < -0.3 is 15.0 Å². The molecule has 0 aromatic heterocycles. The van der Waals surface area contributed by atoms with Gasteiger partial charge in [-0.25, -0.2) is 0 Å². The second-order valence-corrected chi connectivity index (χ2v) is 7.78. The summed E-state index contributed by atoms with van der Waals surface area (Å²) in [5, 5.41) is 3.03. The minimum atomic E-state index is -0.0282. The summed E-state index contributed by atoms with van der Waals surface area (Å²) in [6, 6.07) is 18.2. The van der Waals surface area contributed by atoms with E-state index in [4.69, 9.17) is 4.74 Å². The average Bonchev–Trinajstić information content (AvgIpc) is 3.02. The molecule has 2 fully saturated rings. The normalized spacial score (nSPS) is 24.1. The summed E-state index contributed by atoms with van der Waals surface area (Å²) in [6.07, 6.45) is 2.32. The van der Waals surface area contributed by atoms with E-state index in [9.17, 15) is 4.79 Å². The van der Waals surface area contributed by atoms with Crippen molar-refractivity contribution in [3.8, 4) is 5.75 Å². The van der Waals surface area contributed by atoms with Crippen molar-refractivity contribution in [3.63, 3.8) is 0 Å². The fourth-order valence-electron chi connectivity index (χ4n) is 4.64. The maximum absolute atomic E-state index is 12.2. The Morgan fingerprint density at radius 2 is 2.00 bits per heavy atom. The Bertz CT molecular complexity index is 777. The molecule has 1 saturated carbocycles. The number of hydrogen-bond acceptors (Lipinski definition) is 3. The lowest BCUT2D eigenvalue weighted by atomic mass is 9.64. The quantitative estimate of drug-likeness (QED) is 0.764. The molecule has 4 heteroatoms. The molecule has 3 unspecified atom stereocenters. The minimum Gasteiger partial charge on any atom is -0.497 e. The van der Waals surface area contributed by atoms with Crippen LogP contribution in [0, 0.1) is 11.8 Å². The highest BCUT2D eigenvalue weighted by atomic mass is 16.5. The Kier molecular flexibility index (Phi) is 5.44. The van der Waals surface area contributed by atoms with E-state index in [1.165, 1.54) is 25.1 Å². The molecule has 1 N–H and O–H groups in total. The predicted octanol–water partition coefficient (Wildman–Crippen LogP) is 3.55. The maximum atomic E-state index is 12.2. The fourth-order valence-corrected chi connectivity index (χ4v) is 4.64. The third-order valence-corrected chi connectivity index (χ3v) is 6.14. The highest BCUT2D eigenvalue weighted by Crippen LogP contribution is 2.51. The molecule has 4 rings (SSSR count). The number of hydrogen-bond donors (Lipinski definition) is 1.